The fourth-order valence-electron chi connectivity index (χ4n) is 3.08. The van der Waals surface area contributed by atoms with Gasteiger partial charge in [0.05, 0.1) is 32.4 Å². The molecule has 8 nitrogen and oxygen atoms in total. The number of hydrogen-bond donors (Lipinski definition) is 2. The molecule has 0 bridgehead atoms. The third kappa shape index (κ3) is 3.07. The van der Waals surface area contributed by atoms with Crippen LogP contribution in [0.4, 0.5) is 4.79 Å². The minimum absolute atomic E-state index is 0.119. The van der Waals surface area contributed by atoms with Crippen molar-refractivity contribution < 1.29 is 23.7 Å². The van der Waals surface area contributed by atoms with Gasteiger partial charge < -0.3 is 19.5 Å². The van der Waals surface area contributed by atoms with Crippen molar-refractivity contribution in [1.29, 1.82) is 0 Å². The second-order valence-corrected chi connectivity index (χ2v) is 5.87. The fourth-order valence-corrected chi connectivity index (χ4v) is 3.08. The van der Waals surface area contributed by atoms with Gasteiger partial charge >= 0.3 is 6.03 Å². The second kappa shape index (κ2) is 6.41. The lowest BCUT2D eigenvalue weighted by Crippen LogP contribution is -3.19. The van der Waals surface area contributed by atoms with Crippen molar-refractivity contribution in [2.75, 3.05) is 39.3 Å². The van der Waals surface area contributed by atoms with E-state index in [9.17, 15) is 14.4 Å². The van der Waals surface area contributed by atoms with Gasteiger partial charge in [0.15, 0.2) is 11.8 Å². The zero-order valence-electron chi connectivity index (χ0n) is 13.1. The molecule has 2 aliphatic heterocycles. The largest absolute Gasteiger partial charge is 0.459 e. The number of nitrogens with one attached hydrogen (secondary N) is 2. The molecule has 0 unspecified atom stereocenters. The lowest BCUT2D eigenvalue weighted by atomic mass is 10.2. The number of imide groups is 1. The van der Waals surface area contributed by atoms with Crippen LogP contribution in [0.5, 0.6) is 0 Å². The van der Waals surface area contributed by atoms with E-state index in [1.165, 1.54) is 11.2 Å². The van der Waals surface area contributed by atoms with Crippen molar-refractivity contribution in [3.63, 3.8) is 0 Å². The molecule has 2 fully saturated rings. The Bertz CT molecular complexity index is 593. The molecule has 2 aliphatic rings. The molecule has 124 valence electrons. The highest BCUT2D eigenvalue weighted by atomic mass is 16.3. The van der Waals surface area contributed by atoms with Gasteiger partial charge in [-0.05, 0) is 19.1 Å². The molecule has 1 atom stereocenters. The van der Waals surface area contributed by atoms with Gasteiger partial charge in [0.2, 0.25) is 0 Å². The molecule has 0 saturated carbocycles. The third-order valence-electron chi connectivity index (χ3n) is 4.53. The predicted molar refractivity (Wildman–Crippen MR) is 79.9 cm³/mol. The second-order valence-electron chi connectivity index (χ2n) is 5.87. The first-order chi connectivity index (χ1) is 11.1. The molecule has 3 heterocycles. The Morgan fingerprint density at radius 1 is 1.30 bits per heavy atom. The average Bonchev–Trinajstić information content (AvgIpc) is 3.24. The minimum Gasteiger partial charge on any atom is -0.459 e. The van der Waals surface area contributed by atoms with E-state index < -0.39 is 0 Å². The Labute approximate surface area is 134 Å². The smallest absolute Gasteiger partial charge is 0.324 e. The van der Waals surface area contributed by atoms with Crippen LogP contribution in [0.25, 0.3) is 0 Å². The highest BCUT2D eigenvalue weighted by Crippen LogP contribution is 2.06. The van der Waals surface area contributed by atoms with Crippen LogP contribution in [-0.4, -0.2) is 73.0 Å². The number of quaternary nitrogens is 1. The van der Waals surface area contributed by atoms with Crippen LogP contribution < -0.4 is 10.2 Å². The maximum Gasteiger partial charge on any atom is 0.324 e. The summed E-state index contributed by atoms with van der Waals surface area (Å²) in [6, 6.07) is 2.74. The molecule has 1 aromatic heterocycles. The van der Waals surface area contributed by atoms with Crippen molar-refractivity contribution in [2.45, 2.75) is 13.0 Å². The van der Waals surface area contributed by atoms with E-state index in [4.69, 9.17) is 4.42 Å². The Hall–Kier alpha value is -2.35. The molecular weight excluding hydrogens is 300 g/mol. The van der Waals surface area contributed by atoms with Crippen LogP contribution in [0.2, 0.25) is 0 Å². The minimum atomic E-state index is -0.312. The van der Waals surface area contributed by atoms with Crippen molar-refractivity contribution in [3.05, 3.63) is 24.2 Å². The Morgan fingerprint density at radius 2 is 2.04 bits per heavy atom. The standard InChI is InChI=1S/C15H20N4O4/c1-11(13(20)19-5-4-16-15(19)22)17-6-8-18(9-7-17)14(21)12-3-2-10-23-12/h2-3,10-11H,4-9H2,1H3,(H,16,22)/p+1/t11-/m1/s1. The summed E-state index contributed by atoms with van der Waals surface area (Å²) in [5, 5.41) is 2.64. The number of rotatable bonds is 3. The maximum absolute atomic E-state index is 12.4. The van der Waals surface area contributed by atoms with E-state index in [-0.39, 0.29) is 23.9 Å². The lowest BCUT2D eigenvalue weighted by molar-refractivity contribution is -0.918. The van der Waals surface area contributed by atoms with Crippen LogP contribution in [0, 0.1) is 0 Å². The van der Waals surface area contributed by atoms with E-state index in [2.05, 4.69) is 5.32 Å². The number of hydrogen-bond acceptors (Lipinski definition) is 4. The van der Waals surface area contributed by atoms with Gasteiger partial charge in [-0.1, -0.05) is 0 Å². The lowest BCUT2D eigenvalue weighted by Gasteiger charge is -2.35. The van der Waals surface area contributed by atoms with Gasteiger partial charge in [0, 0.05) is 13.1 Å². The summed E-state index contributed by atoms with van der Waals surface area (Å²) in [6.45, 7) is 5.27. The van der Waals surface area contributed by atoms with Crippen molar-refractivity contribution in [3.8, 4) is 0 Å². The molecule has 2 N–H and O–H groups in total. The number of carbonyl (C=O) groups is 3. The number of piperazine rings is 1. The van der Waals surface area contributed by atoms with E-state index in [1.807, 2.05) is 6.92 Å². The summed E-state index contributed by atoms with van der Waals surface area (Å²) in [5.74, 6) is 0.0686. The summed E-state index contributed by atoms with van der Waals surface area (Å²) in [4.78, 5) is 40.3. The zero-order valence-corrected chi connectivity index (χ0v) is 13.1. The van der Waals surface area contributed by atoms with Gasteiger partial charge in [-0.3, -0.25) is 14.5 Å². The molecule has 23 heavy (non-hydrogen) atoms. The molecule has 4 amide bonds. The first-order valence-electron chi connectivity index (χ1n) is 7.84. The van der Waals surface area contributed by atoms with Gasteiger partial charge in [-0.25, -0.2) is 4.79 Å². The Kier molecular flexibility index (Phi) is 4.33. The van der Waals surface area contributed by atoms with Crippen LogP contribution in [0.1, 0.15) is 17.5 Å². The predicted octanol–water partition coefficient (Wildman–Crippen LogP) is -1.44. The van der Waals surface area contributed by atoms with Crippen LogP contribution >= 0.6 is 0 Å². The van der Waals surface area contributed by atoms with Gasteiger partial charge in [-0.15, -0.1) is 0 Å². The highest BCUT2D eigenvalue weighted by Gasteiger charge is 2.37. The number of nitrogens with zero attached hydrogens (tertiary/aromatic N) is 2. The fraction of sp³-hybridized carbons (Fsp3) is 0.533. The quantitative estimate of drug-likeness (QED) is 0.714. The number of amides is 4. The van der Waals surface area contributed by atoms with E-state index >= 15 is 0 Å². The van der Waals surface area contributed by atoms with E-state index in [1.54, 1.807) is 17.0 Å². The average molecular weight is 321 g/mol. The summed E-state index contributed by atoms with van der Waals surface area (Å²) in [7, 11) is 0. The van der Waals surface area contributed by atoms with E-state index in [0.29, 0.717) is 45.0 Å². The molecule has 0 radical (unpaired) electrons. The molecule has 0 aromatic carbocycles. The molecular formula is C15H21N4O4+. The monoisotopic (exact) mass is 321 g/mol. The normalized spacial score (nSPS) is 20.5. The zero-order chi connectivity index (χ0) is 16.4. The molecule has 3 rings (SSSR count). The third-order valence-corrected chi connectivity index (χ3v) is 4.53. The Morgan fingerprint density at radius 3 is 2.61 bits per heavy atom. The number of furan rings is 1. The van der Waals surface area contributed by atoms with Crippen molar-refractivity contribution >= 4 is 17.8 Å². The number of carbonyl (C=O) groups excluding carboxylic acids is 3. The first kappa shape index (κ1) is 15.5. The molecule has 8 heteroatoms. The summed E-state index contributed by atoms with van der Waals surface area (Å²) in [5.41, 5.74) is 0. The van der Waals surface area contributed by atoms with Gasteiger partial charge in [0.1, 0.15) is 0 Å². The highest BCUT2D eigenvalue weighted by molar-refractivity contribution is 5.97. The first-order valence-corrected chi connectivity index (χ1v) is 7.84. The molecule has 0 aliphatic carbocycles. The van der Waals surface area contributed by atoms with Crippen LogP contribution in [0.15, 0.2) is 22.8 Å². The molecule has 0 spiro atoms. The summed E-state index contributed by atoms with van der Waals surface area (Å²) >= 11 is 0. The molecule has 1 aromatic rings. The Balaban J connectivity index is 1.55. The van der Waals surface area contributed by atoms with Crippen LogP contribution in [-0.2, 0) is 4.79 Å². The topological polar surface area (TPSA) is 87.3 Å². The van der Waals surface area contributed by atoms with Crippen LogP contribution in [0.3, 0.4) is 0 Å². The van der Waals surface area contributed by atoms with Crippen molar-refractivity contribution in [1.82, 2.24) is 15.1 Å². The van der Waals surface area contributed by atoms with Gasteiger partial charge in [-0.2, -0.15) is 0 Å². The van der Waals surface area contributed by atoms with Crippen molar-refractivity contribution in [2.24, 2.45) is 0 Å². The summed E-state index contributed by atoms with van der Waals surface area (Å²) in [6.07, 6.45) is 1.48. The molecule has 2 saturated heterocycles. The summed E-state index contributed by atoms with van der Waals surface area (Å²) < 4.78 is 5.14. The maximum atomic E-state index is 12.4. The van der Waals surface area contributed by atoms with Gasteiger partial charge in [0.25, 0.3) is 11.8 Å². The number of urea groups is 1. The SMILES string of the molecule is C[C@H](C(=O)N1CCNC1=O)[NH+]1CCN(C(=O)c2ccco2)CC1. The van der Waals surface area contributed by atoms with E-state index in [0.717, 1.165) is 4.90 Å².